The summed E-state index contributed by atoms with van der Waals surface area (Å²) in [5, 5.41) is 0.109. The van der Waals surface area contributed by atoms with Crippen LogP contribution in [-0.4, -0.2) is 27.7 Å². The number of benzene rings is 1. The predicted octanol–water partition coefficient (Wildman–Crippen LogP) is 1.71. The highest BCUT2D eigenvalue weighted by Gasteiger charge is 2.28. The molecule has 1 aromatic carbocycles. The van der Waals surface area contributed by atoms with Crippen molar-refractivity contribution < 1.29 is 4.79 Å². The number of para-hydroxylation sites is 1. The SMILES string of the molecule is CC(Sc1nc(N)cc(N)n1)C(=O)N1CCc2ccccc21. The van der Waals surface area contributed by atoms with Gasteiger partial charge >= 0.3 is 0 Å². The maximum absolute atomic E-state index is 12.7. The van der Waals surface area contributed by atoms with E-state index in [1.807, 2.05) is 30.0 Å². The van der Waals surface area contributed by atoms with Gasteiger partial charge < -0.3 is 16.4 Å². The summed E-state index contributed by atoms with van der Waals surface area (Å²) >= 11 is 1.27. The van der Waals surface area contributed by atoms with E-state index in [9.17, 15) is 4.79 Å². The van der Waals surface area contributed by atoms with Crippen LogP contribution in [0.2, 0.25) is 0 Å². The van der Waals surface area contributed by atoms with Crippen molar-refractivity contribution in [1.82, 2.24) is 9.97 Å². The van der Waals surface area contributed by atoms with E-state index in [1.54, 1.807) is 0 Å². The lowest BCUT2D eigenvalue weighted by Crippen LogP contribution is -2.35. The van der Waals surface area contributed by atoms with Crippen molar-refractivity contribution >= 4 is 35.0 Å². The Morgan fingerprint density at radius 2 is 1.95 bits per heavy atom. The third-order valence-corrected chi connectivity index (χ3v) is 4.48. The van der Waals surface area contributed by atoms with Gasteiger partial charge in [-0.1, -0.05) is 30.0 Å². The van der Waals surface area contributed by atoms with Crippen molar-refractivity contribution in [3.8, 4) is 0 Å². The standard InChI is InChI=1S/C15H17N5OS/c1-9(22-15-18-12(16)8-13(17)19-15)14(21)20-7-6-10-4-2-3-5-11(10)20/h2-5,8-9H,6-7H2,1H3,(H4,16,17,18,19). The minimum atomic E-state index is -0.313. The van der Waals surface area contributed by atoms with Gasteiger partial charge in [0.1, 0.15) is 11.6 Å². The topological polar surface area (TPSA) is 98.1 Å². The summed E-state index contributed by atoms with van der Waals surface area (Å²) in [5.74, 6) is 0.655. The van der Waals surface area contributed by atoms with Crippen LogP contribution in [0.5, 0.6) is 0 Å². The average Bonchev–Trinajstić information content (AvgIpc) is 2.89. The third-order valence-electron chi connectivity index (χ3n) is 3.53. The molecule has 0 fully saturated rings. The summed E-state index contributed by atoms with van der Waals surface area (Å²) < 4.78 is 0. The molecule has 3 rings (SSSR count). The fourth-order valence-corrected chi connectivity index (χ4v) is 3.37. The maximum Gasteiger partial charge on any atom is 0.240 e. The van der Waals surface area contributed by atoms with Crippen LogP contribution in [0.25, 0.3) is 0 Å². The van der Waals surface area contributed by atoms with Crippen molar-refractivity contribution in [2.45, 2.75) is 23.8 Å². The molecule has 2 heterocycles. The zero-order chi connectivity index (χ0) is 15.7. The number of hydrogen-bond donors (Lipinski definition) is 2. The maximum atomic E-state index is 12.7. The van der Waals surface area contributed by atoms with Crippen LogP contribution in [-0.2, 0) is 11.2 Å². The van der Waals surface area contributed by atoms with Gasteiger partial charge in [0.15, 0.2) is 5.16 Å². The van der Waals surface area contributed by atoms with Gasteiger partial charge in [0, 0.05) is 18.3 Å². The van der Waals surface area contributed by atoms with Crippen molar-refractivity contribution in [3.05, 3.63) is 35.9 Å². The zero-order valence-electron chi connectivity index (χ0n) is 12.2. The first-order chi connectivity index (χ1) is 10.5. The smallest absolute Gasteiger partial charge is 0.240 e. The van der Waals surface area contributed by atoms with E-state index in [0.717, 1.165) is 12.1 Å². The number of carbonyl (C=O) groups excluding carboxylic acids is 1. The van der Waals surface area contributed by atoms with Gasteiger partial charge in [0.05, 0.1) is 5.25 Å². The van der Waals surface area contributed by atoms with Crippen LogP contribution >= 0.6 is 11.8 Å². The average molecular weight is 315 g/mol. The lowest BCUT2D eigenvalue weighted by Gasteiger charge is -2.21. The molecule has 0 saturated carbocycles. The second kappa shape index (κ2) is 5.84. The summed E-state index contributed by atoms with van der Waals surface area (Å²) in [6, 6.07) is 9.47. The molecule has 0 bridgehead atoms. The molecule has 4 N–H and O–H groups in total. The number of thioether (sulfide) groups is 1. The minimum absolute atomic E-state index is 0.0412. The van der Waals surface area contributed by atoms with E-state index in [1.165, 1.54) is 23.4 Å². The summed E-state index contributed by atoms with van der Waals surface area (Å²) in [5.41, 5.74) is 13.5. The Hall–Kier alpha value is -2.28. The first-order valence-corrected chi connectivity index (χ1v) is 7.88. The molecule has 7 heteroatoms. The number of anilines is 3. The Labute approximate surface area is 132 Å². The Balaban J connectivity index is 1.75. The lowest BCUT2D eigenvalue weighted by molar-refractivity contribution is -0.117. The monoisotopic (exact) mass is 315 g/mol. The highest BCUT2D eigenvalue weighted by atomic mass is 32.2. The highest BCUT2D eigenvalue weighted by molar-refractivity contribution is 8.00. The second-order valence-electron chi connectivity index (χ2n) is 5.13. The Kier molecular flexibility index (Phi) is 3.89. The molecule has 1 aromatic heterocycles. The molecular formula is C15H17N5OS. The normalized spacial score (nSPS) is 14.7. The Bertz CT molecular complexity index is 701. The van der Waals surface area contributed by atoms with Crippen molar-refractivity contribution in [1.29, 1.82) is 0 Å². The number of aromatic nitrogens is 2. The van der Waals surface area contributed by atoms with E-state index in [-0.39, 0.29) is 11.2 Å². The Morgan fingerprint density at radius 3 is 2.68 bits per heavy atom. The number of nitrogens with zero attached hydrogens (tertiary/aromatic N) is 3. The van der Waals surface area contributed by atoms with E-state index in [2.05, 4.69) is 16.0 Å². The first kappa shape index (κ1) is 14.6. The number of fused-ring (bicyclic) bond motifs is 1. The number of carbonyl (C=O) groups is 1. The molecule has 1 unspecified atom stereocenters. The molecule has 0 aliphatic carbocycles. The van der Waals surface area contributed by atoms with Gasteiger partial charge in [-0.15, -0.1) is 0 Å². The quantitative estimate of drug-likeness (QED) is 0.661. The third kappa shape index (κ3) is 2.85. The van der Waals surface area contributed by atoms with Crippen LogP contribution in [0.15, 0.2) is 35.5 Å². The molecular weight excluding hydrogens is 298 g/mol. The van der Waals surface area contributed by atoms with Crippen LogP contribution in [0, 0.1) is 0 Å². The number of rotatable bonds is 3. The summed E-state index contributed by atoms with van der Waals surface area (Å²) in [4.78, 5) is 22.7. The number of nitrogen functional groups attached to an aromatic ring is 2. The van der Waals surface area contributed by atoms with Gasteiger partial charge in [-0.2, -0.15) is 0 Å². The fraction of sp³-hybridized carbons (Fsp3) is 0.267. The molecule has 22 heavy (non-hydrogen) atoms. The molecule has 114 valence electrons. The summed E-state index contributed by atoms with van der Waals surface area (Å²) in [7, 11) is 0. The largest absolute Gasteiger partial charge is 0.383 e. The van der Waals surface area contributed by atoms with Crippen molar-refractivity contribution in [3.63, 3.8) is 0 Å². The van der Waals surface area contributed by atoms with E-state index >= 15 is 0 Å². The van der Waals surface area contributed by atoms with Crippen LogP contribution in [0.1, 0.15) is 12.5 Å². The lowest BCUT2D eigenvalue weighted by atomic mass is 10.2. The number of amides is 1. The van der Waals surface area contributed by atoms with Crippen LogP contribution < -0.4 is 16.4 Å². The molecule has 1 amide bonds. The first-order valence-electron chi connectivity index (χ1n) is 7.00. The minimum Gasteiger partial charge on any atom is -0.383 e. The highest BCUT2D eigenvalue weighted by Crippen LogP contribution is 2.31. The molecule has 0 saturated heterocycles. The molecule has 6 nitrogen and oxygen atoms in total. The van der Waals surface area contributed by atoms with Crippen LogP contribution in [0.4, 0.5) is 17.3 Å². The summed E-state index contributed by atoms with van der Waals surface area (Å²) in [6.45, 7) is 2.56. The predicted molar refractivity (Wildman–Crippen MR) is 88.7 cm³/mol. The number of nitrogens with two attached hydrogens (primary N) is 2. The van der Waals surface area contributed by atoms with Gasteiger partial charge in [-0.05, 0) is 25.0 Å². The van der Waals surface area contributed by atoms with Crippen LogP contribution in [0.3, 0.4) is 0 Å². The second-order valence-corrected chi connectivity index (χ2v) is 6.44. The molecule has 0 spiro atoms. The molecule has 1 aliphatic heterocycles. The fourth-order valence-electron chi connectivity index (χ4n) is 2.51. The van der Waals surface area contributed by atoms with Gasteiger partial charge in [-0.3, -0.25) is 4.79 Å². The molecule has 1 aliphatic rings. The van der Waals surface area contributed by atoms with E-state index in [0.29, 0.717) is 23.3 Å². The number of hydrogen-bond acceptors (Lipinski definition) is 6. The molecule has 2 aromatic rings. The Morgan fingerprint density at radius 1 is 1.27 bits per heavy atom. The van der Waals surface area contributed by atoms with Crippen molar-refractivity contribution in [2.24, 2.45) is 0 Å². The van der Waals surface area contributed by atoms with Gasteiger partial charge in [0.2, 0.25) is 5.91 Å². The van der Waals surface area contributed by atoms with E-state index < -0.39 is 0 Å². The summed E-state index contributed by atoms with van der Waals surface area (Å²) in [6.07, 6.45) is 0.890. The van der Waals surface area contributed by atoms with E-state index in [4.69, 9.17) is 11.5 Å². The van der Waals surface area contributed by atoms with Gasteiger partial charge in [-0.25, -0.2) is 9.97 Å². The molecule has 0 radical (unpaired) electrons. The van der Waals surface area contributed by atoms with Crippen molar-refractivity contribution in [2.75, 3.05) is 22.9 Å². The molecule has 1 atom stereocenters. The van der Waals surface area contributed by atoms with Gasteiger partial charge in [0.25, 0.3) is 0 Å². The zero-order valence-corrected chi connectivity index (χ0v) is 13.0.